The number of hydrogen-bond donors (Lipinski definition) is 2. The number of aromatic nitrogens is 4. The molecule has 1 saturated heterocycles. The normalized spacial score (nSPS) is 27.1. The quantitative estimate of drug-likeness (QED) is 0.744. The Bertz CT molecular complexity index is 866. The highest BCUT2D eigenvalue weighted by Crippen LogP contribution is 2.42. The van der Waals surface area contributed by atoms with Crippen molar-refractivity contribution >= 4 is 11.3 Å². The number of halogens is 1. The van der Waals surface area contributed by atoms with Gasteiger partial charge in [-0.1, -0.05) is 6.92 Å². The number of alkyl halides is 1. The van der Waals surface area contributed by atoms with Gasteiger partial charge in [0.1, 0.15) is 30.4 Å². The van der Waals surface area contributed by atoms with E-state index in [4.69, 9.17) is 14.9 Å². The molecular formula is C15H16FN5O3. The molecule has 0 amide bonds. The Morgan fingerprint density at radius 2 is 2.25 bits per heavy atom. The fraction of sp³-hybridized carbons (Fsp3) is 0.400. The molecule has 3 aromatic rings. The predicted octanol–water partition coefficient (Wildman–Crippen LogP) is 1.37. The third-order valence-electron chi connectivity index (χ3n) is 4.44. The van der Waals surface area contributed by atoms with Crippen LogP contribution in [0.2, 0.25) is 0 Å². The van der Waals surface area contributed by atoms with Crippen molar-refractivity contribution in [3.8, 4) is 11.5 Å². The molecule has 0 radical (unpaired) electrons. The summed E-state index contributed by atoms with van der Waals surface area (Å²) in [6, 6.07) is 1.69. The third kappa shape index (κ3) is 2.09. The summed E-state index contributed by atoms with van der Waals surface area (Å²) in [7, 11) is 0. The summed E-state index contributed by atoms with van der Waals surface area (Å²) in [6.07, 6.45) is 1.51. The number of nitrogens with zero attached hydrogens (tertiary/aromatic N) is 4. The van der Waals surface area contributed by atoms with Crippen molar-refractivity contribution in [2.75, 3.05) is 12.3 Å². The third-order valence-corrected chi connectivity index (χ3v) is 4.44. The van der Waals surface area contributed by atoms with E-state index < -0.39 is 24.3 Å². The Balaban J connectivity index is 1.90. The Kier molecular flexibility index (Phi) is 3.47. The number of aliphatic hydroxyl groups is 1. The van der Waals surface area contributed by atoms with Gasteiger partial charge in [-0.2, -0.15) is 5.10 Å². The highest BCUT2D eigenvalue weighted by Gasteiger charge is 2.44. The second-order valence-corrected chi connectivity index (χ2v) is 5.81. The number of hydrogen-bond acceptors (Lipinski definition) is 7. The minimum absolute atomic E-state index is 0.226. The van der Waals surface area contributed by atoms with Crippen molar-refractivity contribution in [3.63, 3.8) is 0 Å². The van der Waals surface area contributed by atoms with E-state index in [1.165, 1.54) is 23.3 Å². The summed E-state index contributed by atoms with van der Waals surface area (Å²) in [4.78, 5) is 8.10. The standard InChI is InChI=1S/C15H16FN5O3/c1-7-10(5-22)24-13(11(7)16)9-4-8(15-18-2-3-23-15)12-14(17)19-6-20-21(9)12/h2-4,6-7,10-11,13,22H,5H2,1H3,(H2,17,19,20)/t7-,10-,11+,13+/m1/s1. The number of nitrogens with two attached hydrogens (primary N) is 1. The van der Waals surface area contributed by atoms with E-state index in [2.05, 4.69) is 15.1 Å². The number of fused-ring (bicyclic) bond motifs is 1. The van der Waals surface area contributed by atoms with Gasteiger partial charge in [0, 0.05) is 5.92 Å². The Morgan fingerprint density at radius 1 is 1.42 bits per heavy atom. The number of anilines is 1. The molecule has 0 aromatic carbocycles. The minimum Gasteiger partial charge on any atom is -0.444 e. The number of rotatable bonds is 3. The molecule has 126 valence electrons. The van der Waals surface area contributed by atoms with Crippen LogP contribution in [0.3, 0.4) is 0 Å². The van der Waals surface area contributed by atoms with Gasteiger partial charge in [0.25, 0.3) is 0 Å². The minimum atomic E-state index is -1.28. The molecule has 9 heteroatoms. The SMILES string of the molecule is C[C@H]1[C@H](F)[C@H](c2cc(-c3ncco3)c3c(N)ncnn23)O[C@@H]1CO. The molecule has 4 heterocycles. The number of nitrogen functional groups attached to an aromatic ring is 1. The smallest absolute Gasteiger partial charge is 0.228 e. The lowest BCUT2D eigenvalue weighted by molar-refractivity contribution is -0.00711. The summed E-state index contributed by atoms with van der Waals surface area (Å²) >= 11 is 0. The van der Waals surface area contributed by atoms with Crippen LogP contribution in [0.5, 0.6) is 0 Å². The maximum atomic E-state index is 14.7. The van der Waals surface area contributed by atoms with Gasteiger partial charge in [-0.15, -0.1) is 0 Å². The highest BCUT2D eigenvalue weighted by atomic mass is 19.1. The molecule has 0 aliphatic carbocycles. The average molecular weight is 333 g/mol. The average Bonchev–Trinajstić information content (AvgIpc) is 3.28. The molecule has 3 aromatic heterocycles. The summed E-state index contributed by atoms with van der Waals surface area (Å²) in [6.45, 7) is 1.46. The lowest BCUT2D eigenvalue weighted by Crippen LogP contribution is -2.21. The van der Waals surface area contributed by atoms with E-state index in [-0.39, 0.29) is 12.4 Å². The first-order chi connectivity index (χ1) is 11.6. The second-order valence-electron chi connectivity index (χ2n) is 5.81. The van der Waals surface area contributed by atoms with E-state index in [1.54, 1.807) is 13.0 Å². The van der Waals surface area contributed by atoms with Crippen molar-refractivity contribution in [2.45, 2.75) is 25.3 Å². The van der Waals surface area contributed by atoms with Gasteiger partial charge in [0.05, 0.1) is 30.2 Å². The Labute approximate surface area is 136 Å². The number of oxazole rings is 1. The van der Waals surface area contributed by atoms with Gasteiger partial charge in [-0.25, -0.2) is 18.9 Å². The zero-order chi connectivity index (χ0) is 16.8. The first-order valence-corrected chi connectivity index (χ1v) is 7.54. The van der Waals surface area contributed by atoms with Crippen LogP contribution in [0.25, 0.3) is 17.0 Å². The highest BCUT2D eigenvalue weighted by molar-refractivity contribution is 5.85. The molecule has 1 aliphatic heterocycles. The van der Waals surface area contributed by atoms with Crippen LogP contribution >= 0.6 is 0 Å². The fourth-order valence-corrected chi connectivity index (χ4v) is 3.12. The van der Waals surface area contributed by atoms with Crippen LogP contribution in [0.1, 0.15) is 18.7 Å². The van der Waals surface area contributed by atoms with Crippen LogP contribution < -0.4 is 5.73 Å². The van der Waals surface area contributed by atoms with Crippen LogP contribution in [-0.4, -0.2) is 43.6 Å². The fourth-order valence-electron chi connectivity index (χ4n) is 3.12. The second kappa shape index (κ2) is 5.53. The number of ether oxygens (including phenoxy) is 1. The largest absolute Gasteiger partial charge is 0.444 e. The summed E-state index contributed by atoms with van der Waals surface area (Å²) in [5.74, 6) is 0.125. The van der Waals surface area contributed by atoms with E-state index in [1.807, 2.05) is 0 Å². The van der Waals surface area contributed by atoms with Gasteiger partial charge < -0.3 is 20.0 Å². The molecule has 0 saturated carbocycles. The van der Waals surface area contributed by atoms with Crippen molar-refractivity contribution in [1.82, 2.24) is 19.6 Å². The summed E-state index contributed by atoms with van der Waals surface area (Å²) < 4.78 is 27.3. The summed E-state index contributed by atoms with van der Waals surface area (Å²) in [5, 5.41) is 13.5. The zero-order valence-electron chi connectivity index (χ0n) is 12.8. The van der Waals surface area contributed by atoms with E-state index >= 15 is 0 Å². The molecular weight excluding hydrogens is 317 g/mol. The Hall–Kier alpha value is -2.52. The molecule has 4 atom stereocenters. The van der Waals surface area contributed by atoms with Crippen molar-refractivity contribution < 1.29 is 18.7 Å². The molecule has 4 rings (SSSR count). The lowest BCUT2D eigenvalue weighted by Gasteiger charge is -2.13. The predicted molar refractivity (Wildman–Crippen MR) is 81.7 cm³/mol. The van der Waals surface area contributed by atoms with E-state index in [0.717, 1.165) is 0 Å². The number of aliphatic hydroxyl groups excluding tert-OH is 1. The van der Waals surface area contributed by atoms with Crippen molar-refractivity contribution in [2.24, 2.45) is 5.92 Å². The van der Waals surface area contributed by atoms with Gasteiger partial charge in [-0.05, 0) is 6.07 Å². The molecule has 0 bridgehead atoms. The maximum Gasteiger partial charge on any atom is 0.228 e. The monoisotopic (exact) mass is 333 g/mol. The van der Waals surface area contributed by atoms with Crippen LogP contribution in [0, 0.1) is 5.92 Å². The molecule has 1 aliphatic rings. The first kappa shape index (κ1) is 15.0. The summed E-state index contributed by atoms with van der Waals surface area (Å²) in [5.41, 5.74) is 7.49. The first-order valence-electron chi connectivity index (χ1n) is 7.54. The molecule has 24 heavy (non-hydrogen) atoms. The van der Waals surface area contributed by atoms with E-state index in [9.17, 15) is 9.50 Å². The van der Waals surface area contributed by atoms with Crippen LogP contribution in [0.15, 0.2) is 29.3 Å². The Morgan fingerprint density at radius 3 is 2.92 bits per heavy atom. The van der Waals surface area contributed by atoms with Gasteiger partial charge >= 0.3 is 0 Å². The lowest BCUT2D eigenvalue weighted by atomic mass is 9.99. The topological polar surface area (TPSA) is 112 Å². The van der Waals surface area contributed by atoms with Crippen molar-refractivity contribution in [3.05, 3.63) is 30.5 Å². The van der Waals surface area contributed by atoms with Crippen LogP contribution in [0.4, 0.5) is 10.2 Å². The molecule has 3 N–H and O–H groups in total. The van der Waals surface area contributed by atoms with Crippen molar-refractivity contribution in [1.29, 1.82) is 0 Å². The van der Waals surface area contributed by atoms with Gasteiger partial charge in [0.15, 0.2) is 5.82 Å². The zero-order valence-corrected chi connectivity index (χ0v) is 12.8. The van der Waals surface area contributed by atoms with Gasteiger partial charge in [-0.3, -0.25) is 0 Å². The van der Waals surface area contributed by atoms with E-state index in [0.29, 0.717) is 22.7 Å². The molecule has 1 fully saturated rings. The molecule has 0 spiro atoms. The molecule has 0 unspecified atom stereocenters. The molecule has 8 nitrogen and oxygen atoms in total. The maximum absolute atomic E-state index is 14.7. The van der Waals surface area contributed by atoms with Gasteiger partial charge in [0.2, 0.25) is 5.89 Å². The van der Waals surface area contributed by atoms with Crippen LogP contribution in [-0.2, 0) is 4.74 Å².